The fourth-order valence-electron chi connectivity index (χ4n) is 1.93. The summed E-state index contributed by atoms with van der Waals surface area (Å²) in [5.41, 5.74) is 0.725. The third kappa shape index (κ3) is 3.02. The molecule has 2 heterocycles. The van der Waals surface area contributed by atoms with Crippen LogP contribution in [0.1, 0.15) is 19.7 Å². The quantitative estimate of drug-likeness (QED) is 0.836. The van der Waals surface area contributed by atoms with Gasteiger partial charge in [0.15, 0.2) is 5.65 Å². The highest BCUT2D eigenvalue weighted by molar-refractivity contribution is 6.33. The Bertz CT molecular complexity index is 568. The Hall–Kier alpha value is -1.24. The van der Waals surface area contributed by atoms with E-state index in [-0.39, 0.29) is 6.61 Å². The molecule has 0 saturated heterocycles. The van der Waals surface area contributed by atoms with E-state index in [0.717, 1.165) is 11.0 Å². The number of rotatable bonds is 5. The van der Waals surface area contributed by atoms with E-state index < -0.39 is 0 Å². The summed E-state index contributed by atoms with van der Waals surface area (Å²) in [5, 5.41) is 14.4. The molecule has 6 nitrogen and oxygen atoms in total. The van der Waals surface area contributed by atoms with Crippen LogP contribution in [0.5, 0.6) is 0 Å². The summed E-state index contributed by atoms with van der Waals surface area (Å²) in [7, 11) is 1.82. The highest BCUT2D eigenvalue weighted by atomic mass is 35.5. The largest absolute Gasteiger partial charge is 0.395 e. The second kappa shape index (κ2) is 5.81. The number of aliphatic hydroxyl groups excluding tert-OH is 1. The van der Waals surface area contributed by atoms with Crippen molar-refractivity contribution in [3.63, 3.8) is 0 Å². The third-order valence-electron chi connectivity index (χ3n) is 3.05. The average Bonchev–Trinajstić information content (AvgIpc) is 2.71. The number of aliphatic hydroxyl groups is 1. The Morgan fingerprint density at radius 3 is 2.79 bits per heavy atom. The number of aryl methyl sites for hydroxylation is 1. The van der Waals surface area contributed by atoms with Crippen LogP contribution in [0.3, 0.4) is 0 Å². The fraction of sp³-hybridized carbons (Fsp3) is 0.583. The molecular formula is C12H18ClN5O. The minimum atomic E-state index is 0.111. The average molecular weight is 284 g/mol. The summed E-state index contributed by atoms with van der Waals surface area (Å²) in [6, 6.07) is 0.303. The molecule has 2 rings (SSSR count). The van der Waals surface area contributed by atoms with Gasteiger partial charge in [-0.05, 0) is 13.8 Å². The van der Waals surface area contributed by atoms with E-state index >= 15 is 0 Å². The van der Waals surface area contributed by atoms with Crippen molar-refractivity contribution >= 4 is 22.6 Å². The first-order valence-corrected chi connectivity index (χ1v) is 6.59. The van der Waals surface area contributed by atoms with Crippen LogP contribution in [0.25, 0.3) is 11.0 Å². The van der Waals surface area contributed by atoms with Gasteiger partial charge in [-0.25, -0.2) is 9.97 Å². The van der Waals surface area contributed by atoms with Gasteiger partial charge in [0.1, 0.15) is 11.0 Å². The SMILES string of the molecule is CC(C)N(CCO)Cc1nc(Cl)c2cnn(C)c2n1. The predicted octanol–water partition coefficient (Wildman–Crippen LogP) is 1.22. The molecule has 2 aromatic rings. The lowest BCUT2D eigenvalue weighted by molar-refractivity contribution is 0.156. The van der Waals surface area contributed by atoms with Crippen molar-refractivity contribution in [2.24, 2.45) is 7.05 Å². The van der Waals surface area contributed by atoms with Crippen LogP contribution in [0.15, 0.2) is 6.20 Å². The van der Waals surface area contributed by atoms with E-state index in [9.17, 15) is 0 Å². The van der Waals surface area contributed by atoms with Crippen LogP contribution >= 0.6 is 11.6 Å². The zero-order valence-electron chi connectivity index (χ0n) is 11.3. The first-order chi connectivity index (χ1) is 9.02. The highest BCUT2D eigenvalue weighted by Crippen LogP contribution is 2.20. The molecule has 0 bridgehead atoms. The van der Waals surface area contributed by atoms with Gasteiger partial charge in [-0.2, -0.15) is 5.10 Å². The van der Waals surface area contributed by atoms with Gasteiger partial charge >= 0.3 is 0 Å². The molecule has 0 fully saturated rings. The summed E-state index contributed by atoms with van der Waals surface area (Å²) in [6.07, 6.45) is 1.66. The van der Waals surface area contributed by atoms with E-state index in [1.54, 1.807) is 10.9 Å². The Labute approximate surface area is 117 Å². The molecule has 2 aromatic heterocycles. The van der Waals surface area contributed by atoms with E-state index in [1.807, 2.05) is 7.05 Å². The normalized spacial score (nSPS) is 11.9. The molecule has 0 amide bonds. The van der Waals surface area contributed by atoms with Gasteiger partial charge in [-0.15, -0.1) is 0 Å². The van der Waals surface area contributed by atoms with Crippen LogP contribution in [0.2, 0.25) is 5.15 Å². The van der Waals surface area contributed by atoms with Crippen molar-refractivity contribution in [2.75, 3.05) is 13.2 Å². The van der Waals surface area contributed by atoms with Crippen molar-refractivity contribution in [3.8, 4) is 0 Å². The molecule has 0 unspecified atom stereocenters. The standard InChI is InChI=1S/C12H18ClN5O/c1-8(2)18(4-5-19)7-10-15-11(13)9-6-14-17(3)12(9)16-10/h6,8,19H,4-5,7H2,1-3H3. The molecule has 0 saturated carbocycles. The van der Waals surface area contributed by atoms with Gasteiger partial charge in [0, 0.05) is 19.6 Å². The number of nitrogens with zero attached hydrogens (tertiary/aromatic N) is 5. The van der Waals surface area contributed by atoms with Gasteiger partial charge < -0.3 is 5.11 Å². The highest BCUT2D eigenvalue weighted by Gasteiger charge is 2.14. The first kappa shape index (κ1) is 14.2. The van der Waals surface area contributed by atoms with Crippen molar-refractivity contribution < 1.29 is 5.11 Å². The zero-order chi connectivity index (χ0) is 14.0. The molecule has 7 heteroatoms. The second-order valence-electron chi connectivity index (χ2n) is 4.72. The molecule has 1 N–H and O–H groups in total. The third-order valence-corrected chi connectivity index (χ3v) is 3.34. The molecule has 0 aliphatic rings. The summed E-state index contributed by atoms with van der Waals surface area (Å²) in [5.74, 6) is 0.642. The van der Waals surface area contributed by atoms with E-state index in [2.05, 4.69) is 33.8 Å². The molecule has 0 aliphatic carbocycles. The Balaban J connectivity index is 2.31. The van der Waals surface area contributed by atoms with Gasteiger partial charge in [0.2, 0.25) is 0 Å². The molecule has 19 heavy (non-hydrogen) atoms. The molecule has 0 spiro atoms. The number of aromatic nitrogens is 4. The van der Waals surface area contributed by atoms with Crippen molar-refractivity contribution in [3.05, 3.63) is 17.2 Å². The molecular weight excluding hydrogens is 266 g/mol. The van der Waals surface area contributed by atoms with E-state index in [1.165, 1.54) is 0 Å². The number of fused-ring (bicyclic) bond motifs is 1. The van der Waals surface area contributed by atoms with Crippen LogP contribution in [0, 0.1) is 0 Å². The zero-order valence-corrected chi connectivity index (χ0v) is 12.1. The lowest BCUT2D eigenvalue weighted by Crippen LogP contribution is -2.33. The maximum atomic E-state index is 9.08. The van der Waals surface area contributed by atoms with Crippen LogP contribution in [0.4, 0.5) is 0 Å². The fourth-order valence-corrected chi connectivity index (χ4v) is 2.16. The maximum Gasteiger partial charge on any atom is 0.162 e. The summed E-state index contributed by atoms with van der Waals surface area (Å²) >= 11 is 6.14. The van der Waals surface area contributed by atoms with Crippen LogP contribution in [-0.4, -0.2) is 48.9 Å². The predicted molar refractivity (Wildman–Crippen MR) is 73.9 cm³/mol. The summed E-state index contributed by atoms with van der Waals surface area (Å²) < 4.78 is 1.68. The maximum absolute atomic E-state index is 9.08. The van der Waals surface area contributed by atoms with Crippen molar-refractivity contribution in [2.45, 2.75) is 26.4 Å². The van der Waals surface area contributed by atoms with E-state index in [0.29, 0.717) is 30.1 Å². The molecule has 0 aromatic carbocycles. The molecule has 0 atom stereocenters. The molecule has 0 aliphatic heterocycles. The van der Waals surface area contributed by atoms with Crippen LogP contribution in [-0.2, 0) is 13.6 Å². The van der Waals surface area contributed by atoms with E-state index in [4.69, 9.17) is 16.7 Å². The Kier molecular flexibility index (Phi) is 4.34. The van der Waals surface area contributed by atoms with Crippen LogP contribution < -0.4 is 0 Å². The number of hydrogen-bond acceptors (Lipinski definition) is 5. The van der Waals surface area contributed by atoms with Gasteiger partial charge in [0.25, 0.3) is 0 Å². The lowest BCUT2D eigenvalue weighted by atomic mass is 10.3. The Morgan fingerprint density at radius 2 is 2.16 bits per heavy atom. The summed E-state index contributed by atoms with van der Waals surface area (Å²) in [4.78, 5) is 10.9. The smallest absolute Gasteiger partial charge is 0.162 e. The lowest BCUT2D eigenvalue weighted by Gasteiger charge is -2.24. The van der Waals surface area contributed by atoms with Crippen molar-refractivity contribution in [1.29, 1.82) is 0 Å². The topological polar surface area (TPSA) is 67.1 Å². The number of hydrogen-bond donors (Lipinski definition) is 1. The van der Waals surface area contributed by atoms with Crippen molar-refractivity contribution in [1.82, 2.24) is 24.6 Å². The van der Waals surface area contributed by atoms with Gasteiger partial charge in [-0.3, -0.25) is 9.58 Å². The van der Waals surface area contributed by atoms with Gasteiger partial charge in [-0.1, -0.05) is 11.6 Å². The monoisotopic (exact) mass is 283 g/mol. The first-order valence-electron chi connectivity index (χ1n) is 6.22. The second-order valence-corrected chi connectivity index (χ2v) is 5.08. The molecule has 0 radical (unpaired) electrons. The summed E-state index contributed by atoms with van der Waals surface area (Å²) in [6.45, 7) is 5.39. The minimum absolute atomic E-state index is 0.111. The van der Waals surface area contributed by atoms with Gasteiger partial charge in [0.05, 0.1) is 24.7 Å². The number of halogens is 1. The Morgan fingerprint density at radius 1 is 1.42 bits per heavy atom. The minimum Gasteiger partial charge on any atom is -0.395 e. The molecule has 104 valence electrons.